The molecule has 0 aromatic heterocycles. The Bertz CT molecular complexity index is 673. The third kappa shape index (κ3) is 4.40. The second-order valence-electron chi connectivity index (χ2n) is 4.68. The first-order valence-electron chi connectivity index (χ1n) is 6.41. The van der Waals surface area contributed by atoms with Crippen LogP contribution in [-0.4, -0.2) is 11.7 Å². The van der Waals surface area contributed by atoms with Gasteiger partial charge in [-0.2, -0.15) is 0 Å². The molecule has 2 rings (SSSR count). The van der Waals surface area contributed by atoms with E-state index in [0.717, 1.165) is 4.90 Å². The lowest BCUT2D eigenvalue weighted by atomic mass is 10.1. The molecule has 5 heteroatoms. The second kappa shape index (κ2) is 7.21. The Kier molecular flexibility index (Phi) is 5.57. The average molecular weight is 340 g/mol. The number of rotatable bonds is 4. The van der Waals surface area contributed by atoms with Crippen LogP contribution in [0, 0.1) is 13.8 Å². The predicted molar refractivity (Wildman–Crippen MR) is 91.7 cm³/mol. The van der Waals surface area contributed by atoms with E-state index in [2.05, 4.69) is 31.3 Å². The van der Waals surface area contributed by atoms with Crippen LogP contribution in [0.1, 0.15) is 11.1 Å². The van der Waals surface area contributed by atoms with E-state index < -0.39 is 0 Å². The zero-order chi connectivity index (χ0) is 15.4. The minimum atomic E-state index is -0.109. The first kappa shape index (κ1) is 16.2. The Morgan fingerprint density at radius 3 is 2.62 bits per heavy atom. The van der Waals surface area contributed by atoms with Gasteiger partial charge in [-0.3, -0.25) is 4.79 Å². The fraction of sp³-hybridized carbons (Fsp3) is 0.188. The normalized spacial score (nSPS) is 10.5. The second-order valence-corrected chi connectivity index (χ2v) is 6.52. The topological polar surface area (TPSA) is 29.1 Å². The highest BCUT2D eigenvalue weighted by Gasteiger charge is 2.09. The lowest BCUT2D eigenvalue weighted by molar-refractivity contribution is -0.113. The van der Waals surface area contributed by atoms with Gasteiger partial charge in [-0.25, -0.2) is 0 Å². The Hall–Kier alpha value is -1.16. The van der Waals surface area contributed by atoms with Crippen LogP contribution in [0.2, 0.25) is 10.0 Å². The van der Waals surface area contributed by atoms with Crippen molar-refractivity contribution >= 4 is 46.6 Å². The zero-order valence-electron chi connectivity index (χ0n) is 11.7. The van der Waals surface area contributed by atoms with Gasteiger partial charge in [-0.05, 0) is 49.2 Å². The molecule has 110 valence electrons. The monoisotopic (exact) mass is 339 g/mol. The third-order valence-corrected chi connectivity index (χ3v) is 4.89. The number of benzene rings is 2. The van der Waals surface area contributed by atoms with Gasteiger partial charge in [0.2, 0.25) is 5.91 Å². The van der Waals surface area contributed by atoms with Crippen molar-refractivity contribution in [1.29, 1.82) is 0 Å². The van der Waals surface area contributed by atoms with Crippen LogP contribution >= 0.6 is 35.0 Å². The maximum atomic E-state index is 12.0. The molecule has 0 radical (unpaired) electrons. The standard InChI is InChI=1S/C16H15Cl2NOS/c1-10-6-7-12(8-11(10)2)21-9-15(20)19-14-5-3-4-13(17)16(14)18/h3-8H,9H2,1-2H3,(H,19,20). The van der Waals surface area contributed by atoms with Crippen LogP contribution in [0.25, 0.3) is 0 Å². The highest BCUT2D eigenvalue weighted by Crippen LogP contribution is 2.30. The number of nitrogens with one attached hydrogen (secondary N) is 1. The lowest BCUT2D eigenvalue weighted by Gasteiger charge is -2.08. The summed E-state index contributed by atoms with van der Waals surface area (Å²) in [6, 6.07) is 11.3. The van der Waals surface area contributed by atoms with Gasteiger partial charge in [0.1, 0.15) is 0 Å². The molecule has 0 saturated carbocycles. The predicted octanol–water partition coefficient (Wildman–Crippen LogP) is 5.34. The van der Waals surface area contributed by atoms with Crippen LogP contribution < -0.4 is 5.32 Å². The van der Waals surface area contributed by atoms with Crippen molar-refractivity contribution in [3.05, 3.63) is 57.6 Å². The summed E-state index contributed by atoms with van der Waals surface area (Å²) in [7, 11) is 0. The van der Waals surface area contributed by atoms with Crippen LogP contribution in [0.5, 0.6) is 0 Å². The van der Waals surface area contributed by atoms with Gasteiger partial charge in [0.05, 0.1) is 21.5 Å². The smallest absolute Gasteiger partial charge is 0.234 e. The number of aryl methyl sites for hydroxylation is 2. The Morgan fingerprint density at radius 1 is 1.14 bits per heavy atom. The molecule has 1 amide bonds. The summed E-state index contributed by atoms with van der Waals surface area (Å²) < 4.78 is 0. The van der Waals surface area contributed by atoms with Gasteiger partial charge in [-0.1, -0.05) is 35.3 Å². The molecule has 2 aromatic carbocycles. The number of carbonyl (C=O) groups excluding carboxylic acids is 1. The Balaban J connectivity index is 1.96. The maximum Gasteiger partial charge on any atom is 0.234 e. The summed E-state index contributed by atoms with van der Waals surface area (Å²) in [5.74, 6) is 0.216. The van der Waals surface area contributed by atoms with Gasteiger partial charge in [-0.15, -0.1) is 11.8 Å². The molecule has 21 heavy (non-hydrogen) atoms. The maximum absolute atomic E-state index is 12.0. The molecule has 0 spiro atoms. The SMILES string of the molecule is Cc1ccc(SCC(=O)Nc2cccc(Cl)c2Cl)cc1C. The molecule has 0 saturated heterocycles. The first-order chi connectivity index (χ1) is 9.97. The molecule has 0 bridgehead atoms. The number of anilines is 1. The van der Waals surface area contributed by atoms with Crippen molar-refractivity contribution in [2.24, 2.45) is 0 Å². The molecule has 2 nitrogen and oxygen atoms in total. The summed E-state index contributed by atoms with van der Waals surface area (Å²) >= 11 is 13.4. The minimum absolute atomic E-state index is 0.109. The Morgan fingerprint density at radius 2 is 1.90 bits per heavy atom. The van der Waals surface area contributed by atoms with E-state index in [4.69, 9.17) is 23.2 Å². The quantitative estimate of drug-likeness (QED) is 0.761. The molecule has 0 heterocycles. The van der Waals surface area contributed by atoms with E-state index in [9.17, 15) is 4.79 Å². The number of amides is 1. The van der Waals surface area contributed by atoms with Crippen LogP contribution in [0.3, 0.4) is 0 Å². The van der Waals surface area contributed by atoms with Crippen molar-refractivity contribution in [3.63, 3.8) is 0 Å². The van der Waals surface area contributed by atoms with Gasteiger partial charge in [0, 0.05) is 4.90 Å². The van der Waals surface area contributed by atoms with Gasteiger partial charge in [0.15, 0.2) is 0 Å². The third-order valence-electron chi connectivity index (χ3n) is 3.07. The number of hydrogen-bond donors (Lipinski definition) is 1. The fourth-order valence-corrected chi connectivity index (χ4v) is 2.88. The van der Waals surface area contributed by atoms with Crippen molar-refractivity contribution in [2.45, 2.75) is 18.7 Å². The van der Waals surface area contributed by atoms with E-state index in [1.54, 1.807) is 18.2 Å². The molecular weight excluding hydrogens is 325 g/mol. The van der Waals surface area contributed by atoms with Crippen molar-refractivity contribution in [1.82, 2.24) is 0 Å². The molecule has 0 aliphatic rings. The molecule has 2 aromatic rings. The van der Waals surface area contributed by atoms with E-state index in [1.807, 2.05) is 6.07 Å². The molecular formula is C16H15Cl2NOS. The summed E-state index contributed by atoms with van der Waals surface area (Å²) in [5.41, 5.74) is 3.00. The van der Waals surface area contributed by atoms with Gasteiger partial charge in [0.25, 0.3) is 0 Å². The minimum Gasteiger partial charge on any atom is -0.324 e. The van der Waals surface area contributed by atoms with Crippen molar-refractivity contribution in [2.75, 3.05) is 11.1 Å². The number of hydrogen-bond acceptors (Lipinski definition) is 2. The van der Waals surface area contributed by atoms with Gasteiger partial charge >= 0.3 is 0 Å². The summed E-state index contributed by atoms with van der Waals surface area (Å²) in [6.07, 6.45) is 0. The summed E-state index contributed by atoms with van der Waals surface area (Å²) in [5, 5.41) is 3.56. The van der Waals surface area contributed by atoms with Gasteiger partial charge < -0.3 is 5.32 Å². The number of carbonyl (C=O) groups is 1. The molecule has 0 atom stereocenters. The van der Waals surface area contributed by atoms with E-state index in [1.165, 1.54) is 22.9 Å². The number of halogens is 2. The highest BCUT2D eigenvalue weighted by molar-refractivity contribution is 8.00. The first-order valence-corrected chi connectivity index (χ1v) is 8.15. The summed E-state index contributed by atoms with van der Waals surface area (Å²) in [6.45, 7) is 4.13. The summed E-state index contributed by atoms with van der Waals surface area (Å²) in [4.78, 5) is 13.0. The van der Waals surface area contributed by atoms with Crippen molar-refractivity contribution < 1.29 is 4.79 Å². The number of thioether (sulfide) groups is 1. The average Bonchev–Trinajstić information content (AvgIpc) is 2.45. The fourth-order valence-electron chi connectivity index (χ4n) is 1.74. The molecule has 0 aliphatic heterocycles. The largest absolute Gasteiger partial charge is 0.324 e. The van der Waals surface area contributed by atoms with Crippen LogP contribution in [0.15, 0.2) is 41.3 Å². The molecule has 0 aliphatic carbocycles. The molecule has 1 N–H and O–H groups in total. The van der Waals surface area contributed by atoms with E-state index >= 15 is 0 Å². The lowest BCUT2D eigenvalue weighted by Crippen LogP contribution is -2.14. The van der Waals surface area contributed by atoms with Crippen molar-refractivity contribution in [3.8, 4) is 0 Å². The molecule has 0 fully saturated rings. The Labute approximate surface area is 138 Å². The van der Waals surface area contributed by atoms with Crippen LogP contribution in [0.4, 0.5) is 5.69 Å². The van der Waals surface area contributed by atoms with E-state index in [-0.39, 0.29) is 5.91 Å². The zero-order valence-corrected chi connectivity index (χ0v) is 14.1. The highest BCUT2D eigenvalue weighted by atomic mass is 35.5. The van der Waals surface area contributed by atoms with E-state index in [0.29, 0.717) is 21.5 Å². The molecule has 0 unspecified atom stereocenters. The van der Waals surface area contributed by atoms with Crippen LogP contribution in [-0.2, 0) is 4.79 Å².